The molecule has 0 bridgehead atoms. The summed E-state index contributed by atoms with van der Waals surface area (Å²) in [5.41, 5.74) is 0.923. The highest BCUT2D eigenvalue weighted by molar-refractivity contribution is 9.10. The highest BCUT2D eigenvalue weighted by atomic mass is 79.9. The number of Topliss-reactive ketones (excluding diaryl/α,β-unsaturated/α-hetero) is 1. The molecule has 20 heavy (non-hydrogen) atoms. The van der Waals surface area contributed by atoms with Crippen molar-refractivity contribution in [3.05, 3.63) is 68.9 Å². The predicted octanol–water partition coefficient (Wildman–Crippen LogP) is 5.62. The van der Waals surface area contributed by atoms with Gasteiger partial charge in [-0.05, 0) is 40.0 Å². The quantitative estimate of drug-likeness (QED) is 0.514. The fraction of sp³-hybridized carbons (Fsp3) is 0.188. The van der Waals surface area contributed by atoms with E-state index in [0.717, 1.165) is 5.56 Å². The van der Waals surface area contributed by atoms with E-state index >= 15 is 0 Å². The number of ketones is 1. The second-order valence-electron chi connectivity index (χ2n) is 4.48. The summed E-state index contributed by atoms with van der Waals surface area (Å²) in [5.74, 6) is -1.16. The lowest BCUT2D eigenvalue weighted by atomic mass is 9.88. The molecule has 1 atom stereocenters. The molecular weight excluding hydrogens is 343 g/mol. The molecule has 0 aliphatic carbocycles. The summed E-state index contributed by atoms with van der Waals surface area (Å²) in [6.45, 7) is 1.91. The van der Waals surface area contributed by atoms with Gasteiger partial charge in [-0.15, -0.1) is 0 Å². The van der Waals surface area contributed by atoms with Crippen LogP contribution in [0.3, 0.4) is 0 Å². The smallest absolute Gasteiger partial charge is 0.173 e. The van der Waals surface area contributed by atoms with Crippen LogP contribution in [-0.2, 0) is 0 Å². The van der Waals surface area contributed by atoms with Gasteiger partial charge in [0, 0.05) is 10.4 Å². The van der Waals surface area contributed by atoms with E-state index in [1.54, 1.807) is 0 Å². The second kappa shape index (κ2) is 6.51. The maximum atomic E-state index is 14.0. The van der Waals surface area contributed by atoms with Gasteiger partial charge >= 0.3 is 0 Å². The summed E-state index contributed by atoms with van der Waals surface area (Å²) >= 11 is 9.10. The van der Waals surface area contributed by atoms with Crippen LogP contribution in [0.15, 0.2) is 46.9 Å². The van der Waals surface area contributed by atoms with Crippen molar-refractivity contribution in [1.82, 2.24) is 0 Å². The van der Waals surface area contributed by atoms with Gasteiger partial charge in [0.2, 0.25) is 0 Å². The molecule has 0 N–H and O–H groups in total. The lowest BCUT2D eigenvalue weighted by Gasteiger charge is -2.15. The molecule has 0 heterocycles. The van der Waals surface area contributed by atoms with Gasteiger partial charge in [-0.2, -0.15) is 0 Å². The van der Waals surface area contributed by atoms with Crippen molar-refractivity contribution < 1.29 is 9.18 Å². The van der Waals surface area contributed by atoms with Gasteiger partial charge < -0.3 is 0 Å². The average Bonchev–Trinajstić information content (AvgIpc) is 2.44. The Morgan fingerprint density at radius 1 is 1.30 bits per heavy atom. The summed E-state index contributed by atoms with van der Waals surface area (Å²) in [5, 5.41) is 0.331. The maximum absolute atomic E-state index is 14.0. The van der Waals surface area contributed by atoms with Crippen LogP contribution >= 0.6 is 27.5 Å². The summed E-state index contributed by atoms with van der Waals surface area (Å²) in [7, 11) is 0. The third kappa shape index (κ3) is 3.10. The largest absolute Gasteiger partial charge is 0.293 e. The molecule has 0 fully saturated rings. The number of carbonyl (C=O) groups excluding carboxylic acids is 1. The zero-order valence-electron chi connectivity index (χ0n) is 10.9. The van der Waals surface area contributed by atoms with E-state index in [4.69, 9.17) is 11.6 Å². The molecule has 2 aromatic rings. The number of halogens is 3. The standard InChI is InChI=1S/C16H13BrClFO/c1-2-11(10-6-4-3-5-7-10)16(20)12-8-14(18)13(17)9-15(12)19/h3-9,11H,2H2,1H3. The highest BCUT2D eigenvalue weighted by Gasteiger charge is 2.23. The van der Waals surface area contributed by atoms with Crippen molar-refractivity contribution >= 4 is 33.3 Å². The zero-order chi connectivity index (χ0) is 14.7. The Bertz CT molecular complexity index is 628. The van der Waals surface area contributed by atoms with E-state index in [-0.39, 0.29) is 17.3 Å². The molecule has 0 aromatic heterocycles. The number of carbonyl (C=O) groups is 1. The maximum Gasteiger partial charge on any atom is 0.173 e. The van der Waals surface area contributed by atoms with Crippen LogP contribution in [0.25, 0.3) is 0 Å². The van der Waals surface area contributed by atoms with E-state index < -0.39 is 5.82 Å². The van der Waals surface area contributed by atoms with E-state index in [9.17, 15) is 9.18 Å². The fourth-order valence-corrected chi connectivity index (χ4v) is 2.64. The Labute approximate surface area is 130 Å². The Morgan fingerprint density at radius 2 is 1.95 bits per heavy atom. The molecule has 0 saturated carbocycles. The van der Waals surface area contributed by atoms with Gasteiger partial charge in [0.15, 0.2) is 5.78 Å². The molecule has 0 radical (unpaired) electrons. The number of hydrogen-bond acceptors (Lipinski definition) is 1. The zero-order valence-corrected chi connectivity index (χ0v) is 13.2. The molecule has 1 unspecified atom stereocenters. The average molecular weight is 356 g/mol. The molecule has 1 nitrogen and oxygen atoms in total. The Morgan fingerprint density at radius 3 is 2.55 bits per heavy atom. The Kier molecular flexibility index (Phi) is 4.95. The lowest BCUT2D eigenvalue weighted by Crippen LogP contribution is -2.14. The molecule has 0 saturated heterocycles. The van der Waals surface area contributed by atoms with Crippen molar-refractivity contribution in [2.45, 2.75) is 19.3 Å². The minimum atomic E-state index is -0.555. The van der Waals surface area contributed by atoms with Gasteiger partial charge in [0.05, 0.1) is 10.6 Å². The van der Waals surface area contributed by atoms with E-state index in [1.165, 1.54) is 12.1 Å². The summed E-state index contributed by atoms with van der Waals surface area (Å²) in [6, 6.07) is 12.0. The minimum absolute atomic E-state index is 0.0360. The van der Waals surface area contributed by atoms with Gasteiger partial charge in [-0.25, -0.2) is 4.39 Å². The van der Waals surface area contributed by atoms with Crippen LogP contribution in [0.2, 0.25) is 5.02 Å². The van der Waals surface area contributed by atoms with Crippen molar-refractivity contribution in [3.8, 4) is 0 Å². The molecule has 104 valence electrons. The van der Waals surface area contributed by atoms with Crippen LogP contribution in [0, 0.1) is 5.82 Å². The molecule has 0 amide bonds. The topological polar surface area (TPSA) is 17.1 Å². The molecule has 0 spiro atoms. The minimum Gasteiger partial charge on any atom is -0.293 e. The Balaban J connectivity index is 2.42. The van der Waals surface area contributed by atoms with Crippen molar-refractivity contribution in [2.24, 2.45) is 0 Å². The van der Waals surface area contributed by atoms with Crippen LogP contribution < -0.4 is 0 Å². The highest BCUT2D eigenvalue weighted by Crippen LogP contribution is 2.30. The van der Waals surface area contributed by atoms with Gasteiger partial charge in [0.25, 0.3) is 0 Å². The first kappa shape index (κ1) is 15.2. The predicted molar refractivity (Wildman–Crippen MR) is 82.9 cm³/mol. The van der Waals surface area contributed by atoms with E-state index in [2.05, 4.69) is 15.9 Å². The summed E-state index contributed by atoms with van der Waals surface area (Å²) in [6.07, 6.45) is 0.607. The first-order valence-electron chi connectivity index (χ1n) is 6.28. The van der Waals surface area contributed by atoms with Crippen LogP contribution in [0.1, 0.15) is 35.2 Å². The molecule has 2 rings (SSSR count). The third-order valence-electron chi connectivity index (χ3n) is 3.20. The molecule has 2 aromatic carbocycles. The monoisotopic (exact) mass is 354 g/mol. The van der Waals surface area contributed by atoms with Gasteiger partial charge in [0.1, 0.15) is 5.82 Å². The second-order valence-corrected chi connectivity index (χ2v) is 5.74. The third-order valence-corrected chi connectivity index (χ3v) is 4.40. The first-order valence-corrected chi connectivity index (χ1v) is 7.45. The number of rotatable bonds is 4. The van der Waals surface area contributed by atoms with Crippen LogP contribution in [0.4, 0.5) is 4.39 Å². The molecular formula is C16H13BrClFO. The lowest BCUT2D eigenvalue weighted by molar-refractivity contribution is 0.0953. The summed E-state index contributed by atoms with van der Waals surface area (Å²) in [4.78, 5) is 12.5. The normalized spacial score (nSPS) is 12.2. The summed E-state index contributed by atoms with van der Waals surface area (Å²) < 4.78 is 14.4. The van der Waals surface area contributed by atoms with E-state index in [1.807, 2.05) is 37.3 Å². The van der Waals surface area contributed by atoms with Crippen molar-refractivity contribution in [3.63, 3.8) is 0 Å². The molecule has 4 heteroatoms. The van der Waals surface area contributed by atoms with Crippen LogP contribution in [0.5, 0.6) is 0 Å². The fourth-order valence-electron chi connectivity index (χ4n) is 2.16. The number of hydrogen-bond donors (Lipinski definition) is 0. The Hall–Kier alpha value is -1.19. The number of benzene rings is 2. The van der Waals surface area contributed by atoms with E-state index in [0.29, 0.717) is 15.9 Å². The van der Waals surface area contributed by atoms with Gasteiger partial charge in [-0.1, -0.05) is 48.9 Å². The molecule has 0 aliphatic heterocycles. The van der Waals surface area contributed by atoms with Gasteiger partial charge in [-0.3, -0.25) is 4.79 Å². The van der Waals surface area contributed by atoms with Crippen molar-refractivity contribution in [1.29, 1.82) is 0 Å². The molecule has 0 aliphatic rings. The van der Waals surface area contributed by atoms with Crippen LogP contribution in [-0.4, -0.2) is 5.78 Å². The SMILES string of the molecule is CCC(C(=O)c1cc(Cl)c(Br)cc1F)c1ccccc1. The van der Waals surface area contributed by atoms with Crippen molar-refractivity contribution in [2.75, 3.05) is 0 Å². The first-order chi connectivity index (χ1) is 9.54.